The molecule has 15 rings (SSSR count). The van der Waals surface area contributed by atoms with E-state index >= 15 is 0 Å². The summed E-state index contributed by atoms with van der Waals surface area (Å²) in [7, 11) is 0. The van der Waals surface area contributed by atoms with Crippen LogP contribution < -0.4 is 0 Å². The van der Waals surface area contributed by atoms with Crippen molar-refractivity contribution in [3.63, 3.8) is 0 Å². The first-order valence-corrected chi connectivity index (χ1v) is 34.7. The first-order chi connectivity index (χ1) is 30.4. The zero-order valence-corrected chi connectivity index (χ0v) is 47.1. The van der Waals surface area contributed by atoms with E-state index < -0.39 is 0 Å². The highest BCUT2D eigenvalue weighted by Crippen LogP contribution is 2.67. The lowest BCUT2D eigenvalue weighted by molar-refractivity contribution is 1.18. The Morgan fingerprint density at radius 2 is 0.452 bits per heavy atom. The van der Waals surface area contributed by atoms with Gasteiger partial charge in [-0.05, 0) is 82.4 Å². The van der Waals surface area contributed by atoms with Gasteiger partial charge in [0.25, 0.3) is 0 Å². The second-order valence-electron chi connectivity index (χ2n) is 13.9. The first-order valence-electron chi connectivity index (χ1n) is 19.3. The van der Waals surface area contributed by atoms with Gasteiger partial charge in [0.15, 0.2) is 0 Å². The van der Waals surface area contributed by atoms with Crippen molar-refractivity contribution in [1.29, 1.82) is 0 Å². The molecule has 320 valence electrons. The number of rotatable bonds is 4. The number of hydrogen-bond donors (Lipinski definition) is 0. The van der Waals surface area contributed by atoms with E-state index in [0.717, 1.165) is 35.9 Å². The minimum atomic E-state index is 0.957. The highest BCUT2D eigenvalue weighted by atomic mass is 32.3. The third-order valence-corrected chi connectivity index (χ3v) is 32.4. The van der Waals surface area contributed by atoms with Crippen LogP contribution in [0.25, 0.3) is 0 Å². The van der Waals surface area contributed by atoms with Gasteiger partial charge in [0.2, 0.25) is 0 Å². The molecule has 0 saturated heterocycles. The average Bonchev–Trinajstić information content (AvgIpc) is 4.12. The Morgan fingerprint density at radius 3 is 0.645 bits per heavy atom. The molecule has 0 atom stereocenters. The van der Waals surface area contributed by atoms with Crippen LogP contribution >= 0.6 is 188 Å². The quantitative estimate of drug-likeness (QED) is 0.190. The molecule has 16 heteroatoms. The summed E-state index contributed by atoms with van der Waals surface area (Å²) in [5.74, 6) is 3.95. The van der Waals surface area contributed by atoms with Gasteiger partial charge in [0, 0.05) is 23.0 Å². The summed E-state index contributed by atoms with van der Waals surface area (Å²) in [6.07, 6.45) is 10.8. The number of benzene rings is 4. The second kappa shape index (κ2) is 23.5. The summed E-state index contributed by atoms with van der Waals surface area (Å²) < 4.78 is 17.3. The van der Waals surface area contributed by atoms with Crippen molar-refractivity contribution in [1.82, 2.24) is 0 Å². The molecule has 0 aromatic heterocycles. The molecule has 4 aromatic carbocycles. The molecule has 0 N–H and O–H groups in total. The first kappa shape index (κ1) is 48.0. The molecular formula is C46H40S16. The molecule has 0 nitrogen and oxygen atoms in total. The van der Waals surface area contributed by atoms with Crippen LogP contribution in [-0.2, 0) is 35.9 Å². The summed E-state index contributed by atoms with van der Waals surface area (Å²) in [6.45, 7) is 0. The van der Waals surface area contributed by atoms with Gasteiger partial charge in [-0.15, -0.1) is 94.1 Å². The molecule has 62 heavy (non-hydrogen) atoms. The van der Waals surface area contributed by atoms with E-state index in [1.807, 2.05) is 188 Å². The molecular weight excluding hydrogens is 1070 g/mol. The maximum atomic E-state index is 2.33. The number of thioether (sulfide) groups is 16. The SMILES string of the molecule is CSC1=C2SCc3ccc(cc3)Cc3ccc(cc3)CSC3=C(SC)S/C(=C4/SC(SC)=C(SCc5ccc(cc5)Cc5ccc(cc5)CSC5=C(SC)S/C(=C(\S1)S2)S5)S4)S3. The van der Waals surface area contributed by atoms with Crippen LogP contribution in [0.1, 0.15) is 44.5 Å². The smallest absolute Gasteiger partial charge is 0.0717 e. The summed E-state index contributed by atoms with van der Waals surface area (Å²) in [5.41, 5.74) is 11.0. The van der Waals surface area contributed by atoms with Gasteiger partial charge >= 0.3 is 0 Å². The van der Waals surface area contributed by atoms with Gasteiger partial charge in [-0.1, -0.05) is 191 Å². The van der Waals surface area contributed by atoms with E-state index in [0.29, 0.717) is 0 Å². The summed E-state index contributed by atoms with van der Waals surface area (Å²) >= 11 is 31.3. The van der Waals surface area contributed by atoms with Crippen molar-refractivity contribution in [2.24, 2.45) is 0 Å². The van der Waals surface area contributed by atoms with Gasteiger partial charge in [-0.25, -0.2) is 0 Å². The Kier molecular flexibility index (Phi) is 18.2. The molecule has 0 radical (unpaired) electrons. The Morgan fingerprint density at radius 1 is 0.258 bits per heavy atom. The third kappa shape index (κ3) is 12.4. The van der Waals surface area contributed by atoms with Crippen molar-refractivity contribution in [3.8, 4) is 0 Å². The van der Waals surface area contributed by atoms with E-state index in [9.17, 15) is 0 Å². The zero-order valence-electron chi connectivity index (χ0n) is 34.0. The highest BCUT2D eigenvalue weighted by Gasteiger charge is 2.32. The van der Waals surface area contributed by atoms with Crippen LogP contribution in [0, 0.1) is 0 Å². The minimum Gasteiger partial charge on any atom is -0.121 e. The maximum absolute atomic E-state index is 2.33. The zero-order chi connectivity index (χ0) is 42.4. The van der Waals surface area contributed by atoms with E-state index in [2.05, 4.69) is 122 Å². The molecule has 16 bridgehead atoms. The molecule has 0 spiro atoms. The molecule has 4 aromatic rings. The van der Waals surface area contributed by atoms with Gasteiger partial charge in [0.05, 0.1) is 50.8 Å². The van der Waals surface area contributed by atoms with Crippen LogP contribution in [-0.4, -0.2) is 25.0 Å². The molecule has 11 heterocycles. The van der Waals surface area contributed by atoms with E-state index in [1.165, 1.54) is 95.4 Å². The summed E-state index contributed by atoms with van der Waals surface area (Å²) in [4.78, 5) is 0. The summed E-state index contributed by atoms with van der Waals surface area (Å²) in [5, 5.41) is 0. The van der Waals surface area contributed by atoms with E-state index in [4.69, 9.17) is 0 Å². The van der Waals surface area contributed by atoms with Gasteiger partial charge in [-0.3, -0.25) is 0 Å². The monoisotopic (exact) mass is 1100 g/mol. The lowest BCUT2D eigenvalue weighted by atomic mass is 10.0. The fourth-order valence-electron chi connectivity index (χ4n) is 6.36. The van der Waals surface area contributed by atoms with Crippen LogP contribution in [0.15, 0.2) is 148 Å². The van der Waals surface area contributed by atoms with E-state index in [-0.39, 0.29) is 0 Å². The Balaban J connectivity index is 0.912. The topological polar surface area (TPSA) is 0 Å². The molecule has 0 amide bonds. The second-order valence-corrected chi connectivity index (χ2v) is 32.3. The Labute approximate surface area is 435 Å². The minimum absolute atomic E-state index is 0.957. The van der Waals surface area contributed by atoms with Crippen molar-refractivity contribution >= 4 is 188 Å². The van der Waals surface area contributed by atoms with Crippen molar-refractivity contribution in [2.75, 3.05) is 25.0 Å². The number of hydrogen-bond acceptors (Lipinski definition) is 16. The van der Waals surface area contributed by atoms with E-state index in [1.54, 1.807) is 0 Å². The summed E-state index contributed by atoms with van der Waals surface area (Å²) in [6, 6.07) is 37.3. The van der Waals surface area contributed by atoms with Crippen LogP contribution in [0.4, 0.5) is 0 Å². The fourth-order valence-corrected chi connectivity index (χ4v) is 28.5. The molecule has 0 saturated carbocycles. The lowest BCUT2D eigenvalue weighted by Gasteiger charge is -2.08. The predicted molar refractivity (Wildman–Crippen MR) is 314 cm³/mol. The Hall–Kier alpha value is 0.920. The largest absolute Gasteiger partial charge is 0.121 e. The Bertz CT molecular complexity index is 2130. The normalized spacial score (nSPS) is 21.6. The fraction of sp³-hybridized carbons (Fsp3) is 0.217. The molecule has 0 aliphatic carbocycles. The van der Waals surface area contributed by atoms with Crippen LogP contribution in [0.3, 0.4) is 0 Å². The van der Waals surface area contributed by atoms with Crippen molar-refractivity contribution in [3.05, 3.63) is 192 Å². The van der Waals surface area contributed by atoms with Crippen molar-refractivity contribution in [2.45, 2.75) is 35.9 Å². The van der Waals surface area contributed by atoms with Crippen molar-refractivity contribution < 1.29 is 0 Å². The molecule has 11 aliphatic rings. The molecule has 0 unspecified atom stereocenters. The van der Waals surface area contributed by atoms with Gasteiger partial charge in [0.1, 0.15) is 0 Å². The third-order valence-electron chi connectivity index (χ3n) is 9.61. The predicted octanol–water partition coefficient (Wildman–Crippen LogP) is 19.6. The maximum Gasteiger partial charge on any atom is 0.0717 e. The van der Waals surface area contributed by atoms with Gasteiger partial charge in [-0.2, -0.15) is 0 Å². The highest BCUT2D eigenvalue weighted by molar-refractivity contribution is 8.46. The standard InChI is InChI=1S/C46H40S16/c1-47-35-39-51-23-31-13-5-27(6-14-31)21-28-9-17-33(18-10-28)25-53-41-37(49-3)57-45(61-41)46-58-38(50-4)42(62-46)54-26-34-19-11-30(12-20-34)22-29-7-15-32(16-8-29)24-52-40-36(48-2)56-44(60-40)43(55-35)59-39/h5-20H,21-26H2,1-4H3/b44-43-,46-45+. The average molecular weight is 1110 g/mol. The van der Waals surface area contributed by atoms with Gasteiger partial charge < -0.3 is 0 Å². The lowest BCUT2D eigenvalue weighted by Crippen LogP contribution is -1.90. The molecule has 0 fully saturated rings. The van der Waals surface area contributed by atoms with Crippen LogP contribution in [0.5, 0.6) is 0 Å². The molecule has 11 aliphatic heterocycles. The van der Waals surface area contributed by atoms with Crippen LogP contribution in [0.2, 0.25) is 0 Å².